The van der Waals surface area contributed by atoms with E-state index >= 15 is 0 Å². The Labute approximate surface area is 106 Å². The van der Waals surface area contributed by atoms with Crippen molar-refractivity contribution < 1.29 is 24.2 Å². The number of rotatable bonds is 6. The van der Waals surface area contributed by atoms with Crippen LogP contribution in [-0.2, 0) is 19.1 Å². The molecule has 0 amide bonds. The molecule has 0 radical (unpaired) electrons. The number of ketones is 1. The highest BCUT2D eigenvalue weighted by atomic mass is 16.5. The highest BCUT2D eigenvalue weighted by Gasteiger charge is 2.49. The van der Waals surface area contributed by atoms with E-state index in [-0.39, 0.29) is 18.6 Å². The lowest BCUT2D eigenvalue weighted by molar-refractivity contribution is -0.149. The van der Waals surface area contributed by atoms with E-state index in [0.29, 0.717) is 17.9 Å². The SMILES string of the molecule is COC1=CCC=C(OC)C1(CCC(C)=O)C(=O)O. The second kappa shape index (κ2) is 5.71. The molecule has 0 unspecified atom stereocenters. The van der Waals surface area contributed by atoms with Crippen molar-refractivity contribution in [1.29, 1.82) is 0 Å². The first-order chi connectivity index (χ1) is 8.48. The summed E-state index contributed by atoms with van der Waals surface area (Å²) >= 11 is 0. The van der Waals surface area contributed by atoms with Gasteiger partial charge >= 0.3 is 5.97 Å². The zero-order chi connectivity index (χ0) is 13.8. The van der Waals surface area contributed by atoms with Crippen LogP contribution in [0.3, 0.4) is 0 Å². The van der Waals surface area contributed by atoms with Gasteiger partial charge in [-0.1, -0.05) is 0 Å². The topological polar surface area (TPSA) is 72.8 Å². The second-order valence-corrected chi connectivity index (χ2v) is 4.19. The van der Waals surface area contributed by atoms with Gasteiger partial charge in [-0.3, -0.25) is 4.79 Å². The van der Waals surface area contributed by atoms with Gasteiger partial charge in [-0.15, -0.1) is 0 Å². The molecule has 100 valence electrons. The molecule has 0 aromatic rings. The van der Waals surface area contributed by atoms with Crippen molar-refractivity contribution in [1.82, 2.24) is 0 Å². The molecule has 0 atom stereocenters. The number of carboxylic acids is 1. The molecule has 0 bridgehead atoms. The molecular formula is C13H18O5. The third-order valence-corrected chi connectivity index (χ3v) is 3.10. The van der Waals surface area contributed by atoms with Gasteiger partial charge in [0.25, 0.3) is 0 Å². The number of carboxylic acid groups (broad SMARTS) is 1. The monoisotopic (exact) mass is 254 g/mol. The highest BCUT2D eigenvalue weighted by Crippen LogP contribution is 2.44. The number of Topliss-reactive ketones (excluding diaryl/α,β-unsaturated/α-hetero) is 1. The van der Waals surface area contributed by atoms with Gasteiger partial charge in [-0.05, 0) is 31.9 Å². The minimum atomic E-state index is -1.38. The van der Waals surface area contributed by atoms with Crippen LogP contribution < -0.4 is 0 Å². The van der Waals surface area contributed by atoms with Gasteiger partial charge in [0, 0.05) is 6.42 Å². The first-order valence-corrected chi connectivity index (χ1v) is 5.71. The fourth-order valence-corrected chi connectivity index (χ4v) is 2.19. The van der Waals surface area contributed by atoms with E-state index in [1.807, 2.05) is 0 Å². The van der Waals surface area contributed by atoms with Crippen LogP contribution in [0.2, 0.25) is 0 Å². The largest absolute Gasteiger partial charge is 0.500 e. The molecule has 5 heteroatoms. The fraction of sp³-hybridized carbons (Fsp3) is 0.538. The van der Waals surface area contributed by atoms with Gasteiger partial charge in [-0.25, -0.2) is 0 Å². The molecule has 1 aliphatic carbocycles. The summed E-state index contributed by atoms with van der Waals surface area (Å²) in [6.45, 7) is 1.44. The van der Waals surface area contributed by atoms with Gasteiger partial charge < -0.3 is 19.4 Å². The Kier molecular flexibility index (Phi) is 4.53. The average Bonchev–Trinajstić information content (AvgIpc) is 2.34. The number of methoxy groups -OCH3 is 2. The molecule has 0 saturated heterocycles. The predicted molar refractivity (Wildman–Crippen MR) is 64.8 cm³/mol. The summed E-state index contributed by atoms with van der Waals surface area (Å²) in [6.07, 6.45) is 4.26. The molecule has 0 heterocycles. The number of allylic oxidation sites excluding steroid dienone is 2. The average molecular weight is 254 g/mol. The summed E-state index contributed by atoms with van der Waals surface area (Å²) in [7, 11) is 2.85. The van der Waals surface area contributed by atoms with Crippen LogP contribution in [0.1, 0.15) is 26.2 Å². The molecule has 0 aromatic heterocycles. The summed E-state index contributed by atoms with van der Waals surface area (Å²) < 4.78 is 10.4. The second-order valence-electron chi connectivity index (χ2n) is 4.19. The van der Waals surface area contributed by atoms with Gasteiger partial charge in [0.1, 0.15) is 17.3 Å². The number of aliphatic carboxylic acids is 1. The summed E-state index contributed by atoms with van der Waals surface area (Å²) in [4.78, 5) is 22.8. The lowest BCUT2D eigenvalue weighted by Crippen LogP contribution is -2.38. The Balaban J connectivity index is 3.20. The third kappa shape index (κ3) is 2.39. The van der Waals surface area contributed by atoms with E-state index in [0.717, 1.165) is 0 Å². The Morgan fingerprint density at radius 2 is 1.78 bits per heavy atom. The van der Waals surface area contributed by atoms with Gasteiger partial charge in [0.15, 0.2) is 5.41 Å². The van der Waals surface area contributed by atoms with Crippen LogP contribution in [0, 0.1) is 5.41 Å². The van der Waals surface area contributed by atoms with E-state index < -0.39 is 11.4 Å². The van der Waals surface area contributed by atoms with Crippen LogP contribution in [0.4, 0.5) is 0 Å². The normalized spacial score (nSPS) is 17.5. The maximum Gasteiger partial charge on any atom is 0.325 e. The van der Waals surface area contributed by atoms with E-state index in [9.17, 15) is 14.7 Å². The van der Waals surface area contributed by atoms with Crippen LogP contribution in [0.5, 0.6) is 0 Å². The number of ether oxygens (including phenoxy) is 2. The minimum Gasteiger partial charge on any atom is -0.500 e. The van der Waals surface area contributed by atoms with Crippen LogP contribution >= 0.6 is 0 Å². The maximum atomic E-state index is 11.7. The molecule has 0 saturated carbocycles. The molecule has 0 aromatic carbocycles. The number of hydrogen-bond donors (Lipinski definition) is 1. The van der Waals surface area contributed by atoms with Gasteiger partial charge in [-0.2, -0.15) is 0 Å². The third-order valence-electron chi connectivity index (χ3n) is 3.10. The number of hydrogen-bond acceptors (Lipinski definition) is 4. The fourth-order valence-electron chi connectivity index (χ4n) is 2.19. The molecule has 5 nitrogen and oxygen atoms in total. The first-order valence-electron chi connectivity index (χ1n) is 5.71. The summed E-state index contributed by atoms with van der Waals surface area (Å²) in [5.74, 6) is -0.469. The van der Waals surface area contributed by atoms with Gasteiger partial charge in [0.2, 0.25) is 0 Å². The zero-order valence-corrected chi connectivity index (χ0v) is 10.9. The number of carbonyl (C=O) groups excluding carboxylic acids is 1. The molecule has 0 spiro atoms. The molecule has 1 aliphatic rings. The zero-order valence-electron chi connectivity index (χ0n) is 10.9. The Hall–Kier alpha value is -1.78. The molecule has 18 heavy (non-hydrogen) atoms. The highest BCUT2D eigenvalue weighted by molar-refractivity contribution is 5.84. The van der Waals surface area contributed by atoms with Crippen LogP contribution in [-0.4, -0.2) is 31.1 Å². The van der Waals surface area contributed by atoms with Crippen molar-refractivity contribution >= 4 is 11.8 Å². The van der Waals surface area contributed by atoms with Crippen LogP contribution in [0.15, 0.2) is 23.7 Å². The molecular weight excluding hydrogens is 236 g/mol. The van der Waals surface area contributed by atoms with Gasteiger partial charge in [0.05, 0.1) is 14.2 Å². The molecule has 1 rings (SSSR count). The standard InChI is InChI=1S/C13H18O5/c1-9(14)7-8-13(12(15)16)10(17-2)5-4-6-11(13)18-3/h5-6H,4,7-8H2,1-3H3,(H,15,16). The Bertz CT molecular complexity index is 386. The molecule has 1 N–H and O–H groups in total. The molecule has 0 fully saturated rings. The van der Waals surface area contributed by atoms with E-state index in [2.05, 4.69) is 0 Å². The Morgan fingerprint density at radius 1 is 1.28 bits per heavy atom. The van der Waals surface area contributed by atoms with Crippen molar-refractivity contribution in [3.63, 3.8) is 0 Å². The number of carbonyl (C=O) groups is 2. The summed E-state index contributed by atoms with van der Waals surface area (Å²) in [5.41, 5.74) is -1.38. The van der Waals surface area contributed by atoms with E-state index in [1.165, 1.54) is 21.1 Å². The van der Waals surface area contributed by atoms with Crippen molar-refractivity contribution in [2.45, 2.75) is 26.2 Å². The predicted octanol–water partition coefficient (Wildman–Crippen LogP) is 1.89. The summed E-state index contributed by atoms with van der Waals surface area (Å²) in [5, 5.41) is 9.55. The van der Waals surface area contributed by atoms with Crippen molar-refractivity contribution in [3.05, 3.63) is 23.7 Å². The summed E-state index contributed by atoms with van der Waals surface area (Å²) in [6, 6.07) is 0. The minimum absolute atomic E-state index is 0.0629. The van der Waals surface area contributed by atoms with E-state index in [1.54, 1.807) is 12.2 Å². The Morgan fingerprint density at radius 3 is 2.11 bits per heavy atom. The maximum absolute atomic E-state index is 11.7. The van der Waals surface area contributed by atoms with Crippen molar-refractivity contribution in [2.75, 3.05) is 14.2 Å². The van der Waals surface area contributed by atoms with E-state index in [4.69, 9.17) is 9.47 Å². The molecule has 0 aliphatic heterocycles. The van der Waals surface area contributed by atoms with Crippen molar-refractivity contribution in [3.8, 4) is 0 Å². The lowest BCUT2D eigenvalue weighted by Gasteiger charge is -2.34. The lowest BCUT2D eigenvalue weighted by atomic mass is 9.75. The smallest absolute Gasteiger partial charge is 0.325 e. The first kappa shape index (κ1) is 14.3. The van der Waals surface area contributed by atoms with Crippen LogP contribution in [0.25, 0.3) is 0 Å². The van der Waals surface area contributed by atoms with Crippen molar-refractivity contribution in [2.24, 2.45) is 5.41 Å². The quantitative estimate of drug-likeness (QED) is 0.783.